The van der Waals surface area contributed by atoms with Crippen LogP contribution in [0.15, 0.2) is 24.3 Å². The zero-order valence-corrected chi connectivity index (χ0v) is 17.2. The second kappa shape index (κ2) is 7.66. The number of aliphatic hydroxyl groups is 1. The highest BCUT2D eigenvalue weighted by Crippen LogP contribution is 2.43. The average Bonchev–Trinajstić information content (AvgIpc) is 3.18. The molecule has 1 N–H and O–H groups in total. The van der Waals surface area contributed by atoms with Gasteiger partial charge in [0.05, 0.1) is 0 Å². The summed E-state index contributed by atoms with van der Waals surface area (Å²) in [6.07, 6.45) is 8.80. The van der Waals surface area contributed by atoms with Gasteiger partial charge in [-0.1, -0.05) is 18.6 Å². The molecule has 3 saturated heterocycles. The summed E-state index contributed by atoms with van der Waals surface area (Å²) in [5.41, 5.74) is -0.0775. The second-order valence-electron chi connectivity index (χ2n) is 9.91. The van der Waals surface area contributed by atoms with Crippen LogP contribution < -0.4 is 0 Å². The van der Waals surface area contributed by atoms with Crippen LogP contribution in [0.5, 0.6) is 0 Å². The molecule has 1 aromatic rings. The van der Waals surface area contributed by atoms with Gasteiger partial charge >= 0.3 is 0 Å². The van der Waals surface area contributed by atoms with Crippen LogP contribution in [0.1, 0.15) is 56.9 Å². The molecule has 4 aliphatic rings. The Morgan fingerprint density at radius 3 is 2.72 bits per heavy atom. The number of nitrogens with zero attached hydrogens (tertiary/aromatic N) is 2. The Kier molecular flexibility index (Phi) is 5.15. The van der Waals surface area contributed by atoms with Crippen molar-refractivity contribution in [1.29, 1.82) is 0 Å². The van der Waals surface area contributed by atoms with Gasteiger partial charge in [0.1, 0.15) is 11.4 Å². The summed E-state index contributed by atoms with van der Waals surface area (Å²) in [5, 5.41) is 10.9. The topological polar surface area (TPSA) is 43.8 Å². The van der Waals surface area contributed by atoms with Crippen molar-refractivity contribution >= 4 is 5.91 Å². The lowest BCUT2D eigenvalue weighted by atomic mass is 9.70. The molecule has 1 aliphatic carbocycles. The summed E-state index contributed by atoms with van der Waals surface area (Å²) in [4.78, 5) is 17.9. The van der Waals surface area contributed by atoms with E-state index in [0.717, 1.165) is 50.9 Å². The second-order valence-corrected chi connectivity index (χ2v) is 9.91. The van der Waals surface area contributed by atoms with Crippen molar-refractivity contribution in [3.8, 4) is 0 Å². The molecule has 1 aromatic carbocycles. The summed E-state index contributed by atoms with van der Waals surface area (Å²) in [6, 6.07) is 7.88. The van der Waals surface area contributed by atoms with Gasteiger partial charge in [-0.2, -0.15) is 0 Å². The number of halogens is 1. The zero-order chi connectivity index (χ0) is 20.0. The van der Waals surface area contributed by atoms with E-state index in [2.05, 4.69) is 4.90 Å². The molecule has 0 radical (unpaired) electrons. The van der Waals surface area contributed by atoms with E-state index >= 15 is 0 Å². The fourth-order valence-electron chi connectivity index (χ4n) is 6.73. The summed E-state index contributed by atoms with van der Waals surface area (Å²) in [7, 11) is 0. The van der Waals surface area contributed by atoms with Gasteiger partial charge in [0.25, 0.3) is 5.91 Å². The number of carbonyl (C=O) groups excluding carboxylic acids is 1. The van der Waals surface area contributed by atoms with E-state index < -0.39 is 5.60 Å². The van der Waals surface area contributed by atoms with Gasteiger partial charge in [-0.3, -0.25) is 9.69 Å². The summed E-state index contributed by atoms with van der Waals surface area (Å²) >= 11 is 0. The number of benzene rings is 1. The van der Waals surface area contributed by atoms with E-state index in [-0.39, 0.29) is 11.7 Å². The van der Waals surface area contributed by atoms with Crippen LogP contribution in [-0.2, 0) is 11.2 Å². The zero-order valence-electron chi connectivity index (χ0n) is 17.2. The Hall–Kier alpha value is -1.46. The molecule has 3 heterocycles. The molecule has 1 amide bonds. The lowest BCUT2D eigenvalue weighted by Gasteiger charge is -2.57. The van der Waals surface area contributed by atoms with Gasteiger partial charge in [-0.25, -0.2) is 4.39 Å². The van der Waals surface area contributed by atoms with Crippen molar-refractivity contribution in [3.63, 3.8) is 0 Å². The SMILES string of the molecule is O=C(N1C[C@H]2C[C@@H](C1)[C@H](Cc1cccc(F)c1)N1CCCC[C@@H]21)C1(O)CCCC1. The van der Waals surface area contributed by atoms with Gasteiger partial charge in [0.15, 0.2) is 0 Å². The van der Waals surface area contributed by atoms with Gasteiger partial charge in [0, 0.05) is 25.2 Å². The minimum Gasteiger partial charge on any atom is -0.380 e. The molecule has 1 saturated carbocycles. The molecule has 5 rings (SSSR count). The van der Waals surface area contributed by atoms with Crippen molar-refractivity contribution in [2.45, 2.75) is 75.5 Å². The number of amides is 1. The van der Waals surface area contributed by atoms with Crippen molar-refractivity contribution in [2.24, 2.45) is 11.8 Å². The van der Waals surface area contributed by atoms with Crippen LogP contribution in [0.4, 0.5) is 4.39 Å². The third-order valence-corrected chi connectivity index (χ3v) is 8.07. The summed E-state index contributed by atoms with van der Waals surface area (Å²) < 4.78 is 13.8. The Morgan fingerprint density at radius 1 is 1.14 bits per heavy atom. The smallest absolute Gasteiger partial charge is 0.254 e. The maximum Gasteiger partial charge on any atom is 0.254 e. The van der Waals surface area contributed by atoms with E-state index in [9.17, 15) is 14.3 Å². The summed E-state index contributed by atoms with van der Waals surface area (Å²) in [5.74, 6) is 0.709. The number of carbonyl (C=O) groups is 1. The molecule has 0 unspecified atom stereocenters. The highest BCUT2D eigenvalue weighted by Gasteiger charge is 2.50. The fourth-order valence-corrected chi connectivity index (χ4v) is 6.73. The lowest BCUT2D eigenvalue weighted by molar-refractivity contribution is -0.159. The van der Waals surface area contributed by atoms with Gasteiger partial charge in [0.2, 0.25) is 0 Å². The molecule has 0 spiro atoms. The highest BCUT2D eigenvalue weighted by molar-refractivity contribution is 5.85. The largest absolute Gasteiger partial charge is 0.380 e. The molecule has 0 aromatic heterocycles. The number of fused-ring (bicyclic) bond motifs is 4. The molecule has 29 heavy (non-hydrogen) atoms. The van der Waals surface area contributed by atoms with Crippen LogP contribution in [0.3, 0.4) is 0 Å². The van der Waals surface area contributed by atoms with Crippen LogP contribution in [-0.4, -0.2) is 58.1 Å². The highest BCUT2D eigenvalue weighted by atomic mass is 19.1. The Labute approximate surface area is 173 Å². The first-order valence-electron chi connectivity index (χ1n) is 11.6. The van der Waals surface area contributed by atoms with E-state index in [0.29, 0.717) is 36.8 Å². The minimum atomic E-state index is -1.13. The van der Waals surface area contributed by atoms with Gasteiger partial charge in [-0.15, -0.1) is 0 Å². The Bertz CT molecular complexity index is 763. The van der Waals surface area contributed by atoms with Crippen LogP contribution in [0.25, 0.3) is 0 Å². The standard InChI is InChI=1S/C24H33FN2O2/c25-20-7-5-6-17(12-20)13-22-19-14-18(21-8-1-4-11-27(21)22)15-26(16-19)23(28)24(29)9-2-3-10-24/h5-7,12,18-19,21-22,29H,1-4,8-11,13-16H2/t18-,19+,21+,22+/m1/s1. The predicted octanol–water partition coefficient (Wildman–Crippen LogP) is 3.37. The van der Waals surface area contributed by atoms with E-state index in [1.165, 1.54) is 25.3 Å². The monoisotopic (exact) mass is 400 g/mol. The molecule has 2 bridgehead atoms. The average molecular weight is 401 g/mol. The van der Waals surface area contributed by atoms with Crippen molar-refractivity contribution < 1.29 is 14.3 Å². The third kappa shape index (κ3) is 3.61. The number of likely N-dealkylation sites (tertiary alicyclic amines) is 1. The molecule has 4 fully saturated rings. The number of piperidine rings is 3. The van der Waals surface area contributed by atoms with Crippen LogP contribution in [0.2, 0.25) is 0 Å². The summed E-state index contributed by atoms with van der Waals surface area (Å²) in [6.45, 7) is 2.65. The quantitative estimate of drug-likeness (QED) is 0.846. The van der Waals surface area contributed by atoms with Crippen molar-refractivity contribution in [2.75, 3.05) is 19.6 Å². The Morgan fingerprint density at radius 2 is 1.93 bits per heavy atom. The predicted molar refractivity (Wildman–Crippen MR) is 110 cm³/mol. The van der Waals surface area contributed by atoms with Gasteiger partial charge < -0.3 is 10.0 Å². The number of hydrogen-bond acceptors (Lipinski definition) is 3. The maximum atomic E-state index is 13.8. The molecular formula is C24H33FN2O2. The molecule has 5 heteroatoms. The first kappa shape index (κ1) is 19.5. The molecule has 4 nitrogen and oxygen atoms in total. The molecule has 4 atom stereocenters. The first-order chi connectivity index (χ1) is 14.0. The van der Waals surface area contributed by atoms with Crippen molar-refractivity contribution in [1.82, 2.24) is 9.80 Å². The van der Waals surface area contributed by atoms with Crippen molar-refractivity contribution in [3.05, 3.63) is 35.6 Å². The fraction of sp³-hybridized carbons (Fsp3) is 0.708. The lowest BCUT2D eigenvalue weighted by Crippen LogP contribution is -2.66. The number of hydrogen-bond donors (Lipinski definition) is 1. The van der Waals surface area contributed by atoms with Gasteiger partial charge in [-0.05, 0) is 87.4 Å². The molecule has 158 valence electrons. The Balaban J connectivity index is 1.40. The number of rotatable bonds is 3. The van der Waals surface area contributed by atoms with E-state index in [1.54, 1.807) is 12.1 Å². The molecular weight excluding hydrogens is 367 g/mol. The van der Waals surface area contributed by atoms with E-state index in [1.807, 2.05) is 11.0 Å². The first-order valence-corrected chi connectivity index (χ1v) is 11.6. The minimum absolute atomic E-state index is 0.0292. The normalized spacial score (nSPS) is 34.1. The van der Waals surface area contributed by atoms with Crippen LogP contribution in [0, 0.1) is 17.7 Å². The van der Waals surface area contributed by atoms with E-state index in [4.69, 9.17) is 0 Å². The molecule has 3 aliphatic heterocycles. The third-order valence-electron chi connectivity index (χ3n) is 8.07. The van der Waals surface area contributed by atoms with Crippen LogP contribution >= 0.6 is 0 Å². The maximum absolute atomic E-state index is 13.8.